The second kappa shape index (κ2) is 11.1. The summed E-state index contributed by atoms with van der Waals surface area (Å²) in [5, 5.41) is 3.71. The molecule has 0 spiro atoms. The van der Waals surface area contributed by atoms with Gasteiger partial charge in [-0.15, -0.1) is 12.4 Å². The smallest absolute Gasteiger partial charge is 0.148 e. The highest BCUT2D eigenvalue weighted by Crippen LogP contribution is 2.21. The fourth-order valence-electron chi connectivity index (χ4n) is 2.27. The monoisotopic (exact) mass is 385 g/mol. The van der Waals surface area contributed by atoms with Gasteiger partial charge < -0.3 is 14.8 Å². The van der Waals surface area contributed by atoms with Gasteiger partial charge in [0.15, 0.2) is 0 Å². The number of benzene rings is 1. The van der Waals surface area contributed by atoms with E-state index in [-0.39, 0.29) is 12.4 Å². The molecule has 0 radical (unpaired) electrons. The van der Waals surface area contributed by atoms with Crippen LogP contribution in [0.2, 0.25) is 5.02 Å². The third-order valence-corrected chi connectivity index (χ3v) is 4.05. The van der Waals surface area contributed by atoms with Crippen LogP contribution in [0, 0.1) is 13.8 Å². The number of nitrogens with zero attached hydrogens (tertiary/aromatic N) is 2. The lowest BCUT2D eigenvalue weighted by Gasteiger charge is -2.12. The molecule has 0 saturated heterocycles. The summed E-state index contributed by atoms with van der Waals surface area (Å²) < 4.78 is 11.2. The number of hydrogen-bond acceptors (Lipinski definition) is 5. The molecular formula is C18H25Cl2N3O2. The van der Waals surface area contributed by atoms with E-state index >= 15 is 0 Å². The lowest BCUT2D eigenvalue weighted by atomic mass is 10.1. The molecule has 1 aromatic carbocycles. The summed E-state index contributed by atoms with van der Waals surface area (Å²) in [4.78, 5) is 8.17. The fraction of sp³-hybridized carbons (Fsp3) is 0.444. The van der Waals surface area contributed by atoms with Crippen molar-refractivity contribution in [3.05, 3.63) is 46.4 Å². The number of rotatable bonds is 9. The number of nitrogens with one attached hydrogen (secondary N) is 1. The predicted octanol–water partition coefficient (Wildman–Crippen LogP) is 4.24. The second-order valence-electron chi connectivity index (χ2n) is 5.44. The number of anilines is 1. The van der Waals surface area contributed by atoms with Gasteiger partial charge in [0.05, 0.1) is 18.8 Å². The van der Waals surface area contributed by atoms with E-state index in [2.05, 4.69) is 34.3 Å². The minimum Gasteiger partial charge on any atom is -0.491 e. The van der Waals surface area contributed by atoms with Crippen molar-refractivity contribution in [2.45, 2.75) is 27.2 Å². The van der Waals surface area contributed by atoms with Gasteiger partial charge in [-0.05, 0) is 44.4 Å². The van der Waals surface area contributed by atoms with Gasteiger partial charge in [0.25, 0.3) is 0 Å². The van der Waals surface area contributed by atoms with Crippen LogP contribution in [-0.4, -0.2) is 36.3 Å². The lowest BCUT2D eigenvalue weighted by molar-refractivity contribution is 0.151. The first-order valence-corrected chi connectivity index (χ1v) is 8.50. The Morgan fingerprint density at radius 3 is 2.68 bits per heavy atom. The first-order valence-electron chi connectivity index (χ1n) is 8.12. The minimum absolute atomic E-state index is 0. The standard InChI is InChI=1S/C18H24ClN3O2.ClH/c1-4-23-9-7-15-5-6-16(13(2)11-15)24-10-8-20-18-17(19)14(3)21-12-22-18;/h5-6,11-12H,4,7-10H2,1-3H3,(H,20,21,22);1H. The van der Waals surface area contributed by atoms with Crippen molar-refractivity contribution in [1.29, 1.82) is 0 Å². The van der Waals surface area contributed by atoms with Crippen molar-refractivity contribution in [3.63, 3.8) is 0 Å². The lowest BCUT2D eigenvalue weighted by Crippen LogP contribution is -2.13. The molecule has 1 aromatic heterocycles. The number of aromatic nitrogens is 2. The van der Waals surface area contributed by atoms with E-state index in [1.807, 2.05) is 19.9 Å². The van der Waals surface area contributed by atoms with Crippen molar-refractivity contribution in [1.82, 2.24) is 9.97 Å². The first kappa shape index (κ1) is 21.5. The zero-order valence-corrected chi connectivity index (χ0v) is 16.4. The molecule has 138 valence electrons. The van der Waals surface area contributed by atoms with Crippen molar-refractivity contribution >= 4 is 29.8 Å². The molecule has 2 rings (SSSR count). The molecule has 1 heterocycles. The fourth-order valence-corrected chi connectivity index (χ4v) is 2.44. The third kappa shape index (κ3) is 6.69. The Balaban J connectivity index is 0.00000312. The van der Waals surface area contributed by atoms with Crippen molar-refractivity contribution in [2.75, 3.05) is 31.7 Å². The van der Waals surface area contributed by atoms with Crippen LogP contribution < -0.4 is 10.1 Å². The van der Waals surface area contributed by atoms with Gasteiger partial charge in [-0.2, -0.15) is 0 Å². The number of ether oxygens (including phenoxy) is 2. The molecule has 7 heteroatoms. The van der Waals surface area contributed by atoms with E-state index in [4.69, 9.17) is 21.1 Å². The molecule has 0 unspecified atom stereocenters. The summed E-state index contributed by atoms with van der Waals surface area (Å²) in [7, 11) is 0. The van der Waals surface area contributed by atoms with Gasteiger partial charge in [-0.3, -0.25) is 0 Å². The summed E-state index contributed by atoms with van der Waals surface area (Å²) in [5.41, 5.74) is 3.14. The summed E-state index contributed by atoms with van der Waals surface area (Å²) in [6.07, 6.45) is 2.41. The van der Waals surface area contributed by atoms with Gasteiger partial charge in [-0.1, -0.05) is 23.7 Å². The van der Waals surface area contributed by atoms with E-state index in [1.165, 1.54) is 11.9 Å². The summed E-state index contributed by atoms with van der Waals surface area (Å²) in [5.74, 6) is 1.53. The average Bonchev–Trinajstić information content (AvgIpc) is 2.57. The Kier molecular flexibility index (Phi) is 9.57. The molecule has 0 aliphatic carbocycles. The van der Waals surface area contributed by atoms with E-state index < -0.39 is 0 Å². The quantitative estimate of drug-likeness (QED) is 0.654. The highest BCUT2D eigenvalue weighted by Gasteiger charge is 2.05. The molecule has 2 aromatic rings. The minimum atomic E-state index is 0. The maximum absolute atomic E-state index is 6.15. The number of hydrogen-bond donors (Lipinski definition) is 1. The van der Waals surface area contributed by atoms with Crippen LogP contribution in [0.15, 0.2) is 24.5 Å². The van der Waals surface area contributed by atoms with Gasteiger partial charge in [0, 0.05) is 6.61 Å². The summed E-state index contributed by atoms with van der Waals surface area (Å²) >= 11 is 6.15. The Bertz CT molecular complexity index is 669. The van der Waals surface area contributed by atoms with Gasteiger partial charge in [0.2, 0.25) is 0 Å². The molecule has 5 nitrogen and oxygen atoms in total. The molecule has 0 amide bonds. The Hall–Kier alpha value is -1.56. The van der Waals surface area contributed by atoms with E-state index in [0.717, 1.165) is 36.6 Å². The van der Waals surface area contributed by atoms with Crippen LogP contribution in [0.5, 0.6) is 5.75 Å². The van der Waals surface area contributed by atoms with Gasteiger partial charge in [-0.25, -0.2) is 9.97 Å². The molecule has 0 fully saturated rings. The average molecular weight is 386 g/mol. The molecule has 25 heavy (non-hydrogen) atoms. The first-order chi connectivity index (χ1) is 11.6. The zero-order valence-electron chi connectivity index (χ0n) is 14.8. The number of aryl methyl sites for hydroxylation is 2. The SMILES string of the molecule is CCOCCc1ccc(OCCNc2ncnc(C)c2Cl)c(C)c1.Cl. The molecule has 0 aliphatic rings. The van der Waals surface area contributed by atoms with Crippen LogP contribution in [0.3, 0.4) is 0 Å². The van der Waals surface area contributed by atoms with Crippen molar-refractivity contribution in [3.8, 4) is 5.75 Å². The van der Waals surface area contributed by atoms with Gasteiger partial charge >= 0.3 is 0 Å². The third-order valence-electron chi connectivity index (χ3n) is 3.59. The van der Waals surface area contributed by atoms with Crippen LogP contribution in [0.25, 0.3) is 0 Å². The zero-order chi connectivity index (χ0) is 17.4. The molecular weight excluding hydrogens is 361 g/mol. The van der Waals surface area contributed by atoms with Crippen molar-refractivity contribution < 1.29 is 9.47 Å². The van der Waals surface area contributed by atoms with E-state index in [0.29, 0.717) is 24.0 Å². The topological polar surface area (TPSA) is 56.3 Å². The Morgan fingerprint density at radius 2 is 1.96 bits per heavy atom. The molecule has 0 aliphatic heterocycles. The number of halogens is 2. The predicted molar refractivity (Wildman–Crippen MR) is 104 cm³/mol. The maximum atomic E-state index is 6.15. The van der Waals surface area contributed by atoms with Crippen LogP contribution in [-0.2, 0) is 11.2 Å². The molecule has 0 saturated carbocycles. The largest absolute Gasteiger partial charge is 0.491 e. The van der Waals surface area contributed by atoms with E-state index in [1.54, 1.807) is 0 Å². The van der Waals surface area contributed by atoms with Crippen LogP contribution in [0.1, 0.15) is 23.7 Å². The Morgan fingerprint density at radius 1 is 1.16 bits per heavy atom. The van der Waals surface area contributed by atoms with Crippen molar-refractivity contribution in [2.24, 2.45) is 0 Å². The van der Waals surface area contributed by atoms with Gasteiger partial charge in [0.1, 0.15) is 29.5 Å². The summed E-state index contributed by atoms with van der Waals surface area (Å²) in [6.45, 7) is 8.55. The molecule has 0 bridgehead atoms. The highest BCUT2D eigenvalue weighted by molar-refractivity contribution is 6.33. The van der Waals surface area contributed by atoms with E-state index in [9.17, 15) is 0 Å². The highest BCUT2D eigenvalue weighted by atomic mass is 35.5. The van der Waals surface area contributed by atoms with Crippen LogP contribution >= 0.6 is 24.0 Å². The Labute approximate surface area is 160 Å². The normalized spacial score (nSPS) is 10.2. The molecule has 1 N–H and O–H groups in total. The maximum Gasteiger partial charge on any atom is 0.148 e. The molecule has 0 atom stereocenters. The van der Waals surface area contributed by atoms with Crippen LogP contribution in [0.4, 0.5) is 5.82 Å². The second-order valence-corrected chi connectivity index (χ2v) is 5.82. The summed E-state index contributed by atoms with van der Waals surface area (Å²) in [6, 6.07) is 6.24.